The normalized spacial score (nSPS) is 19.1. The molecular weight excluding hydrogens is 274 g/mol. The van der Waals surface area contributed by atoms with E-state index in [1.165, 1.54) is 6.42 Å². The summed E-state index contributed by atoms with van der Waals surface area (Å²) in [6.45, 7) is 7.29. The second-order valence-electron chi connectivity index (χ2n) is 4.66. The topological polar surface area (TPSA) is 76.3 Å². The lowest BCUT2D eigenvalue weighted by atomic mass is 10.3. The minimum atomic E-state index is 0.415. The van der Waals surface area contributed by atoms with Crippen LogP contribution in [0.3, 0.4) is 0 Å². The fourth-order valence-electron chi connectivity index (χ4n) is 2.15. The zero-order chi connectivity index (χ0) is 14.4. The third kappa shape index (κ3) is 3.97. The molecule has 0 bridgehead atoms. The largest absolute Gasteiger partial charge is 0.374 e. The minimum Gasteiger partial charge on any atom is -0.374 e. The third-order valence-electron chi connectivity index (χ3n) is 3.26. The maximum absolute atomic E-state index is 5.50. The van der Waals surface area contributed by atoms with Crippen molar-refractivity contribution in [3.63, 3.8) is 0 Å². The van der Waals surface area contributed by atoms with Crippen LogP contribution >= 0.6 is 11.8 Å². The second kappa shape index (κ2) is 7.66. The van der Waals surface area contributed by atoms with E-state index >= 15 is 0 Å². The van der Waals surface area contributed by atoms with Gasteiger partial charge in [0.15, 0.2) is 5.82 Å². The Kier molecular flexibility index (Phi) is 5.87. The van der Waals surface area contributed by atoms with Crippen molar-refractivity contribution in [3.05, 3.63) is 11.9 Å². The summed E-state index contributed by atoms with van der Waals surface area (Å²) in [6, 6.07) is 1.90. The minimum absolute atomic E-state index is 0.415. The van der Waals surface area contributed by atoms with E-state index in [2.05, 4.69) is 27.2 Å². The van der Waals surface area contributed by atoms with Crippen molar-refractivity contribution in [1.82, 2.24) is 9.97 Å². The van der Waals surface area contributed by atoms with Crippen LogP contribution in [0.25, 0.3) is 0 Å². The van der Waals surface area contributed by atoms with Gasteiger partial charge in [-0.25, -0.2) is 15.8 Å². The number of hydrogen-bond donors (Lipinski definition) is 2. The summed E-state index contributed by atoms with van der Waals surface area (Å²) in [5.74, 6) is 8.87. The quantitative estimate of drug-likeness (QED) is 0.610. The van der Waals surface area contributed by atoms with E-state index in [4.69, 9.17) is 10.6 Å². The van der Waals surface area contributed by atoms with Gasteiger partial charge in [-0.2, -0.15) is 11.8 Å². The molecule has 0 aliphatic carbocycles. The Morgan fingerprint density at radius 3 is 3.05 bits per heavy atom. The van der Waals surface area contributed by atoms with Crippen LogP contribution < -0.4 is 16.2 Å². The van der Waals surface area contributed by atoms with Gasteiger partial charge in [-0.3, -0.25) is 0 Å². The molecule has 0 saturated carbocycles. The predicted octanol–water partition coefficient (Wildman–Crippen LogP) is 1.63. The smallest absolute Gasteiger partial charge is 0.158 e. The highest BCUT2D eigenvalue weighted by atomic mass is 32.2. The van der Waals surface area contributed by atoms with Gasteiger partial charge in [0.05, 0.1) is 0 Å². The molecule has 1 aliphatic heterocycles. The summed E-state index contributed by atoms with van der Waals surface area (Å²) in [7, 11) is 0. The summed E-state index contributed by atoms with van der Waals surface area (Å²) in [5, 5.41) is 0.670. The van der Waals surface area contributed by atoms with Crippen molar-refractivity contribution in [3.8, 4) is 0 Å². The number of aromatic nitrogens is 2. The predicted molar refractivity (Wildman–Crippen MR) is 83.9 cm³/mol. The molecule has 1 aromatic rings. The zero-order valence-corrected chi connectivity index (χ0v) is 12.9. The SMILES string of the molecule is CCOCc1nc(NN)cc(N2CCSC(CC)C2)n1. The Hall–Kier alpha value is -1.05. The Morgan fingerprint density at radius 1 is 1.50 bits per heavy atom. The molecule has 1 aromatic heterocycles. The third-order valence-corrected chi connectivity index (χ3v) is 4.63. The standard InChI is InChI=1S/C13H23N5OS/c1-3-10-8-18(5-6-20-10)13-7-11(17-14)15-12(16-13)9-19-4-2/h7,10H,3-6,8-9,14H2,1-2H3,(H,15,16,17). The summed E-state index contributed by atoms with van der Waals surface area (Å²) in [6.07, 6.45) is 1.18. The highest BCUT2D eigenvalue weighted by molar-refractivity contribution is 8.00. The fraction of sp³-hybridized carbons (Fsp3) is 0.692. The fourth-order valence-corrected chi connectivity index (χ4v) is 3.33. The van der Waals surface area contributed by atoms with Crippen LogP contribution in [0.4, 0.5) is 11.6 Å². The molecular formula is C13H23N5OS. The lowest BCUT2D eigenvalue weighted by Crippen LogP contribution is -2.38. The molecule has 0 radical (unpaired) electrons. The molecule has 1 fully saturated rings. The molecule has 20 heavy (non-hydrogen) atoms. The summed E-state index contributed by atoms with van der Waals surface area (Å²) >= 11 is 2.04. The van der Waals surface area contributed by atoms with E-state index in [1.807, 2.05) is 24.8 Å². The van der Waals surface area contributed by atoms with Crippen LogP contribution in [0.15, 0.2) is 6.07 Å². The zero-order valence-electron chi connectivity index (χ0n) is 12.1. The van der Waals surface area contributed by atoms with Crippen molar-refractivity contribution >= 4 is 23.4 Å². The molecule has 112 valence electrons. The summed E-state index contributed by atoms with van der Waals surface area (Å²) in [5.41, 5.74) is 2.61. The Bertz CT molecular complexity index is 431. The van der Waals surface area contributed by atoms with Gasteiger partial charge in [0.2, 0.25) is 0 Å². The highest BCUT2D eigenvalue weighted by Gasteiger charge is 2.21. The number of nitrogen functional groups attached to an aromatic ring is 1. The Balaban J connectivity index is 2.16. The number of ether oxygens (including phenoxy) is 1. The van der Waals surface area contributed by atoms with Gasteiger partial charge in [0.1, 0.15) is 18.2 Å². The maximum Gasteiger partial charge on any atom is 0.158 e. The first kappa shape index (κ1) is 15.3. The van der Waals surface area contributed by atoms with E-state index < -0.39 is 0 Å². The second-order valence-corrected chi connectivity index (χ2v) is 6.06. The van der Waals surface area contributed by atoms with Gasteiger partial charge in [-0.1, -0.05) is 6.92 Å². The van der Waals surface area contributed by atoms with Crippen molar-refractivity contribution in [2.24, 2.45) is 5.84 Å². The van der Waals surface area contributed by atoms with Crippen molar-refractivity contribution in [2.45, 2.75) is 32.1 Å². The van der Waals surface area contributed by atoms with Gasteiger partial charge in [0.25, 0.3) is 0 Å². The molecule has 7 heteroatoms. The molecule has 2 heterocycles. The molecule has 1 unspecified atom stereocenters. The Morgan fingerprint density at radius 2 is 2.35 bits per heavy atom. The molecule has 0 amide bonds. The van der Waals surface area contributed by atoms with E-state index in [1.54, 1.807) is 0 Å². The molecule has 3 N–H and O–H groups in total. The highest BCUT2D eigenvalue weighted by Crippen LogP contribution is 2.25. The van der Waals surface area contributed by atoms with Gasteiger partial charge in [-0.05, 0) is 13.3 Å². The van der Waals surface area contributed by atoms with E-state index in [9.17, 15) is 0 Å². The van der Waals surface area contributed by atoms with E-state index in [-0.39, 0.29) is 0 Å². The van der Waals surface area contributed by atoms with Gasteiger partial charge in [-0.15, -0.1) is 0 Å². The summed E-state index contributed by atoms with van der Waals surface area (Å²) < 4.78 is 5.39. The van der Waals surface area contributed by atoms with Crippen LogP contribution in [0, 0.1) is 0 Å². The molecule has 2 rings (SSSR count). The van der Waals surface area contributed by atoms with Crippen molar-refractivity contribution in [1.29, 1.82) is 0 Å². The molecule has 1 saturated heterocycles. The molecule has 0 aromatic carbocycles. The van der Waals surface area contributed by atoms with Crippen molar-refractivity contribution < 1.29 is 4.74 Å². The van der Waals surface area contributed by atoms with Crippen LogP contribution in [0.1, 0.15) is 26.1 Å². The lowest BCUT2D eigenvalue weighted by molar-refractivity contribution is 0.128. The summed E-state index contributed by atoms with van der Waals surface area (Å²) in [4.78, 5) is 11.2. The molecule has 1 aliphatic rings. The number of anilines is 2. The number of nitrogens with two attached hydrogens (primary N) is 1. The van der Waals surface area contributed by atoms with Crippen LogP contribution in [0.5, 0.6) is 0 Å². The number of rotatable bonds is 6. The van der Waals surface area contributed by atoms with Gasteiger partial charge < -0.3 is 15.1 Å². The molecule has 0 spiro atoms. The monoisotopic (exact) mass is 297 g/mol. The first-order valence-corrected chi connectivity index (χ1v) is 8.10. The first-order valence-electron chi connectivity index (χ1n) is 7.05. The number of hydrazine groups is 1. The number of hydrogen-bond acceptors (Lipinski definition) is 7. The lowest BCUT2D eigenvalue weighted by Gasteiger charge is -2.33. The van der Waals surface area contributed by atoms with E-state index in [0.29, 0.717) is 30.1 Å². The molecule has 1 atom stereocenters. The maximum atomic E-state index is 5.50. The first-order chi connectivity index (χ1) is 9.76. The average molecular weight is 297 g/mol. The molecule has 6 nitrogen and oxygen atoms in total. The van der Waals surface area contributed by atoms with Crippen molar-refractivity contribution in [2.75, 3.05) is 35.8 Å². The average Bonchev–Trinajstić information content (AvgIpc) is 2.52. The Labute approximate surface area is 124 Å². The van der Waals surface area contributed by atoms with Gasteiger partial charge in [0, 0.05) is 36.8 Å². The van der Waals surface area contributed by atoms with Gasteiger partial charge >= 0.3 is 0 Å². The van der Waals surface area contributed by atoms with Crippen LogP contribution in [0.2, 0.25) is 0 Å². The number of nitrogens with zero attached hydrogens (tertiary/aromatic N) is 3. The number of nitrogens with one attached hydrogen (secondary N) is 1. The number of thioether (sulfide) groups is 1. The van der Waals surface area contributed by atoms with Crippen LogP contribution in [-0.4, -0.2) is 40.7 Å². The van der Waals surface area contributed by atoms with E-state index in [0.717, 1.165) is 24.7 Å². The van der Waals surface area contributed by atoms with Crippen LogP contribution in [-0.2, 0) is 11.3 Å².